The molecule has 1 aromatic carbocycles. The van der Waals surface area contributed by atoms with Crippen molar-refractivity contribution in [3.63, 3.8) is 0 Å². The van der Waals surface area contributed by atoms with Crippen LogP contribution in [-0.2, 0) is 17.6 Å². The van der Waals surface area contributed by atoms with Crippen LogP contribution in [0.5, 0.6) is 0 Å². The Kier molecular flexibility index (Phi) is 4.07. The quantitative estimate of drug-likeness (QED) is 0.834. The lowest BCUT2D eigenvalue weighted by Crippen LogP contribution is -2.07. The van der Waals surface area contributed by atoms with E-state index in [4.69, 9.17) is 0 Å². The highest BCUT2D eigenvalue weighted by Gasteiger charge is 2.09. The van der Waals surface area contributed by atoms with Gasteiger partial charge in [-0.05, 0) is 29.1 Å². The van der Waals surface area contributed by atoms with Crippen molar-refractivity contribution in [1.82, 2.24) is 0 Å². The molecule has 1 aromatic heterocycles. The molecule has 1 heterocycles. The minimum atomic E-state index is -0.334. The Morgan fingerprint density at radius 1 is 1.29 bits per heavy atom. The monoisotopic (exact) mass is 312 g/mol. The molecular formula is C13H10BrFOS. The largest absolute Gasteiger partial charge is 0.299 e. The lowest BCUT2D eigenvalue weighted by Gasteiger charge is -2.02. The fourth-order valence-corrected chi connectivity index (χ4v) is 2.61. The zero-order valence-electron chi connectivity index (χ0n) is 8.95. The minimum absolute atomic E-state index is 0.0358. The number of hydrogen-bond donors (Lipinski definition) is 0. The first-order chi connectivity index (χ1) is 8.15. The first-order valence-electron chi connectivity index (χ1n) is 5.13. The van der Waals surface area contributed by atoms with Crippen molar-refractivity contribution < 1.29 is 9.18 Å². The molecule has 0 atom stereocenters. The van der Waals surface area contributed by atoms with Crippen molar-refractivity contribution in [1.29, 1.82) is 0 Å². The summed E-state index contributed by atoms with van der Waals surface area (Å²) in [6.07, 6.45) is 0.532. The van der Waals surface area contributed by atoms with Crippen LogP contribution in [0.4, 0.5) is 4.39 Å². The molecule has 0 spiro atoms. The number of halogens is 2. The molecule has 88 valence electrons. The molecule has 17 heavy (non-hydrogen) atoms. The number of ketones is 1. The number of rotatable bonds is 4. The molecule has 4 heteroatoms. The van der Waals surface area contributed by atoms with Crippen LogP contribution in [0.25, 0.3) is 0 Å². The Hall–Kier alpha value is -1.00. The summed E-state index contributed by atoms with van der Waals surface area (Å²) >= 11 is 4.73. The third-order valence-corrected chi connectivity index (χ3v) is 3.72. The molecule has 0 fully saturated rings. The first-order valence-corrected chi connectivity index (χ1v) is 6.80. The van der Waals surface area contributed by atoms with Crippen LogP contribution in [-0.4, -0.2) is 5.78 Å². The second-order valence-corrected chi connectivity index (χ2v) is 5.66. The Morgan fingerprint density at radius 2 is 2.12 bits per heavy atom. The van der Waals surface area contributed by atoms with Crippen molar-refractivity contribution in [2.45, 2.75) is 12.8 Å². The van der Waals surface area contributed by atoms with Gasteiger partial charge in [-0.25, -0.2) is 4.39 Å². The third-order valence-electron chi connectivity index (χ3n) is 2.35. The van der Waals surface area contributed by atoms with Crippen molar-refractivity contribution in [2.24, 2.45) is 0 Å². The molecule has 0 aliphatic carbocycles. The lowest BCUT2D eigenvalue weighted by molar-refractivity contribution is -0.117. The van der Waals surface area contributed by atoms with Crippen LogP contribution in [0, 0.1) is 5.82 Å². The van der Waals surface area contributed by atoms with Crippen LogP contribution in [0.2, 0.25) is 0 Å². The van der Waals surface area contributed by atoms with Crippen molar-refractivity contribution in [2.75, 3.05) is 0 Å². The maximum atomic E-state index is 13.5. The second-order valence-electron chi connectivity index (χ2n) is 3.71. The standard InChI is InChI=1S/C13H10BrFOS/c14-10-4-3-9(13(15)7-10)6-11(16)8-12-2-1-5-17-12/h1-5,7H,6,8H2. The zero-order chi connectivity index (χ0) is 12.3. The summed E-state index contributed by atoms with van der Waals surface area (Å²) < 4.78 is 14.2. The van der Waals surface area contributed by atoms with Gasteiger partial charge < -0.3 is 0 Å². The Bertz CT molecular complexity index is 522. The molecule has 0 saturated heterocycles. The van der Waals surface area contributed by atoms with Crippen LogP contribution < -0.4 is 0 Å². The predicted octanol–water partition coefficient (Wildman–Crippen LogP) is 4.00. The topological polar surface area (TPSA) is 17.1 Å². The molecule has 2 aromatic rings. The summed E-state index contributed by atoms with van der Waals surface area (Å²) in [5.74, 6) is -0.299. The lowest BCUT2D eigenvalue weighted by atomic mass is 10.1. The van der Waals surface area contributed by atoms with Gasteiger partial charge in [-0.15, -0.1) is 11.3 Å². The smallest absolute Gasteiger partial charge is 0.142 e. The van der Waals surface area contributed by atoms with Crippen LogP contribution >= 0.6 is 27.3 Å². The van der Waals surface area contributed by atoms with E-state index in [0.717, 1.165) is 4.88 Å². The highest BCUT2D eigenvalue weighted by molar-refractivity contribution is 9.10. The van der Waals surface area contributed by atoms with E-state index >= 15 is 0 Å². The highest BCUT2D eigenvalue weighted by atomic mass is 79.9. The molecule has 0 aliphatic rings. The Morgan fingerprint density at radius 3 is 2.76 bits per heavy atom. The Labute approximate surface area is 111 Å². The van der Waals surface area contributed by atoms with Crippen molar-refractivity contribution >= 4 is 33.0 Å². The number of thiophene rings is 1. The predicted molar refractivity (Wildman–Crippen MR) is 70.8 cm³/mol. The van der Waals surface area contributed by atoms with Gasteiger partial charge in [-0.3, -0.25) is 4.79 Å². The molecule has 2 rings (SSSR count). The van der Waals surface area contributed by atoms with Crippen molar-refractivity contribution in [3.8, 4) is 0 Å². The van der Waals surface area contributed by atoms with E-state index in [1.54, 1.807) is 23.5 Å². The van der Waals surface area contributed by atoms with Crippen LogP contribution in [0.1, 0.15) is 10.4 Å². The van der Waals surface area contributed by atoms with Crippen LogP contribution in [0.15, 0.2) is 40.2 Å². The molecular weight excluding hydrogens is 303 g/mol. The van der Waals surface area contributed by atoms with E-state index < -0.39 is 0 Å². The molecule has 0 radical (unpaired) electrons. The normalized spacial score (nSPS) is 10.5. The van der Waals surface area contributed by atoms with E-state index in [2.05, 4.69) is 15.9 Å². The van der Waals surface area contributed by atoms with E-state index in [1.165, 1.54) is 6.07 Å². The summed E-state index contributed by atoms with van der Waals surface area (Å²) in [5.41, 5.74) is 0.453. The van der Waals surface area contributed by atoms with Gasteiger partial charge in [0.15, 0.2) is 0 Å². The fraction of sp³-hybridized carbons (Fsp3) is 0.154. The molecule has 0 aliphatic heterocycles. The molecule has 0 saturated carbocycles. The van der Waals surface area contributed by atoms with E-state index in [1.807, 2.05) is 17.5 Å². The second kappa shape index (κ2) is 5.56. The molecule has 0 bridgehead atoms. The van der Waals surface area contributed by atoms with Gasteiger partial charge in [0.25, 0.3) is 0 Å². The van der Waals surface area contributed by atoms with Gasteiger partial charge >= 0.3 is 0 Å². The molecule has 0 amide bonds. The number of Topliss-reactive ketones (excluding diaryl/α,β-unsaturated/α-hetero) is 1. The molecule has 0 unspecified atom stereocenters. The van der Waals surface area contributed by atoms with Gasteiger partial charge in [0, 0.05) is 22.2 Å². The average molecular weight is 313 g/mol. The average Bonchev–Trinajstić information content (AvgIpc) is 2.75. The van der Waals surface area contributed by atoms with Gasteiger partial charge in [0.2, 0.25) is 0 Å². The highest BCUT2D eigenvalue weighted by Crippen LogP contribution is 2.17. The maximum absolute atomic E-state index is 13.5. The summed E-state index contributed by atoms with van der Waals surface area (Å²) in [4.78, 5) is 12.8. The van der Waals surface area contributed by atoms with Gasteiger partial charge in [-0.1, -0.05) is 28.1 Å². The van der Waals surface area contributed by atoms with Gasteiger partial charge in [0.05, 0.1) is 0 Å². The maximum Gasteiger partial charge on any atom is 0.142 e. The minimum Gasteiger partial charge on any atom is -0.299 e. The Balaban J connectivity index is 2.03. The summed E-state index contributed by atoms with van der Waals surface area (Å²) in [7, 11) is 0. The SMILES string of the molecule is O=C(Cc1cccs1)Cc1ccc(Br)cc1F. The summed E-state index contributed by atoms with van der Waals surface area (Å²) in [6, 6.07) is 8.60. The number of benzene rings is 1. The van der Waals surface area contributed by atoms with Crippen LogP contribution in [0.3, 0.4) is 0 Å². The number of carbonyl (C=O) groups excluding carboxylic acids is 1. The van der Waals surface area contributed by atoms with Gasteiger partial charge in [-0.2, -0.15) is 0 Å². The van der Waals surface area contributed by atoms with E-state index in [0.29, 0.717) is 16.5 Å². The summed E-state index contributed by atoms with van der Waals surface area (Å²) in [5, 5.41) is 1.93. The number of carbonyl (C=O) groups is 1. The third kappa shape index (κ3) is 3.48. The van der Waals surface area contributed by atoms with E-state index in [9.17, 15) is 9.18 Å². The van der Waals surface area contributed by atoms with Crippen molar-refractivity contribution in [3.05, 3.63) is 56.4 Å². The fourth-order valence-electron chi connectivity index (χ4n) is 1.55. The zero-order valence-corrected chi connectivity index (χ0v) is 11.4. The number of hydrogen-bond acceptors (Lipinski definition) is 2. The molecule has 0 N–H and O–H groups in total. The molecule has 1 nitrogen and oxygen atoms in total. The first kappa shape index (κ1) is 12.5. The van der Waals surface area contributed by atoms with Gasteiger partial charge in [0.1, 0.15) is 11.6 Å². The summed E-state index contributed by atoms with van der Waals surface area (Å²) in [6.45, 7) is 0. The van der Waals surface area contributed by atoms with E-state index in [-0.39, 0.29) is 18.0 Å².